The van der Waals surface area contributed by atoms with Gasteiger partial charge < -0.3 is 5.32 Å². The van der Waals surface area contributed by atoms with Gasteiger partial charge in [0.25, 0.3) is 0 Å². The number of fused-ring (bicyclic) bond motifs is 1. The number of nitrogens with one attached hydrogen (secondary N) is 2. The van der Waals surface area contributed by atoms with Crippen LogP contribution < -0.4 is 5.32 Å². The summed E-state index contributed by atoms with van der Waals surface area (Å²) in [6.07, 6.45) is 11.6. The maximum absolute atomic E-state index is 13.1. The third kappa shape index (κ3) is 6.38. The van der Waals surface area contributed by atoms with E-state index < -0.39 is 0 Å². The van der Waals surface area contributed by atoms with Crippen LogP contribution in [0.3, 0.4) is 0 Å². The number of aromatic amines is 1. The molecule has 2 heterocycles. The highest BCUT2D eigenvalue weighted by Crippen LogP contribution is 2.19. The number of nitrogens with zero attached hydrogens (tertiary/aromatic N) is 2. The zero-order valence-corrected chi connectivity index (χ0v) is 17.0. The van der Waals surface area contributed by atoms with Crippen LogP contribution in [0.25, 0.3) is 10.9 Å². The van der Waals surface area contributed by atoms with E-state index in [9.17, 15) is 9.18 Å². The van der Waals surface area contributed by atoms with Crippen LogP contribution in [0.5, 0.6) is 0 Å². The fourth-order valence-corrected chi connectivity index (χ4v) is 3.62. The molecule has 29 heavy (non-hydrogen) atoms. The first kappa shape index (κ1) is 21.0. The largest absolute Gasteiger partial charge is 0.352 e. The molecule has 2 N–H and O–H groups in total. The molecule has 0 atom stereocenters. The zero-order valence-electron chi connectivity index (χ0n) is 17.0. The number of H-pyrrole nitrogens is 1. The van der Waals surface area contributed by atoms with Crippen molar-refractivity contribution < 1.29 is 9.18 Å². The summed E-state index contributed by atoms with van der Waals surface area (Å²) < 4.78 is 13.1. The Balaban J connectivity index is 0.000000343. The highest BCUT2D eigenvalue weighted by molar-refractivity contribution is 5.84. The first-order chi connectivity index (χ1) is 14.1. The van der Waals surface area contributed by atoms with E-state index >= 15 is 0 Å². The number of benzene rings is 1. The van der Waals surface area contributed by atoms with Crippen molar-refractivity contribution in [2.24, 2.45) is 0 Å². The summed E-state index contributed by atoms with van der Waals surface area (Å²) in [5.74, 6) is -0.387. The van der Waals surface area contributed by atoms with E-state index in [1.165, 1.54) is 50.7 Å². The number of hydrogen-bond donors (Lipinski definition) is 2. The monoisotopic (exact) mass is 396 g/mol. The minimum Gasteiger partial charge on any atom is -0.352 e. The molecule has 1 saturated carbocycles. The predicted molar refractivity (Wildman–Crippen MR) is 113 cm³/mol. The second kappa shape index (κ2) is 10.7. The van der Waals surface area contributed by atoms with Crippen LogP contribution in [0, 0.1) is 12.7 Å². The van der Waals surface area contributed by atoms with Gasteiger partial charge in [0.1, 0.15) is 5.82 Å². The number of halogens is 1. The number of pyridine rings is 1. The Morgan fingerprint density at radius 3 is 2.55 bits per heavy atom. The van der Waals surface area contributed by atoms with Gasteiger partial charge in [0.15, 0.2) is 0 Å². The van der Waals surface area contributed by atoms with Crippen molar-refractivity contribution in [3.05, 3.63) is 59.3 Å². The van der Waals surface area contributed by atoms with Crippen LogP contribution in [0.15, 0.2) is 36.5 Å². The maximum Gasteiger partial charge on any atom is 0.220 e. The van der Waals surface area contributed by atoms with Gasteiger partial charge in [0.05, 0.1) is 5.52 Å². The molecule has 154 valence electrons. The Kier molecular flexibility index (Phi) is 7.73. The molecule has 1 amide bonds. The van der Waals surface area contributed by atoms with Crippen LogP contribution in [-0.4, -0.2) is 21.1 Å². The van der Waals surface area contributed by atoms with Crippen molar-refractivity contribution in [3.63, 3.8) is 0 Å². The average molecular weight is 397 g/mol. The molecule has 5 nitrogen and oxygen atoms in total. The molecule has 2 aromatic heterocycles. The number of hydrogen-bond acceptors (Lipinski definition) is 3. The Morgan fingerprint density at radius 1 is 1.14 bits per heavy atom. The molecule has 0 bridgehead atoms. The molecule has 3 aromatic rings. The molecule has 0 radical (unpaired) electrons. The van der Waals surface area contributed by atoms with Crippen molar-refractivity contribution >= 4 is 16.8 Å². The van der Waals surface area contributed by atoms with Crippen molar-refractivity contribution in [1.82, 2.24) is 20.5 Å². The van der Waals surface area contributed by atoms with Crippen LogP contribution in [-0.2, 0) is 17.8 Å². The van der Waals surface area contributed by atoms with Gasteiger partial charge in [0.2, 0.25) is 5.91 Å². The third-order valence-corrected chi connectivity index (χ3v) is 5.21. The van der Waals surface area contributed by atoms with Crippen LogP contribution >= 0.6 is 0 Å². The molecule has 0 saturated heterocycles. The van der Waals surface area contributed by atoms with Crippen LogP contribution in [0.4, 0.5) is 4.39 Å². The summed E-state index contributed by atoms with van der Waals surface area (Å²) in [7, 11) is 0. The summed E-state index contributed by atoms with van der Waals surface area (Å²) in [5, 5.41) is 11.0. The topological polar surface area (TPSA) is 70.7 Å². The Morgan fingerprint density at radius 2 is 1.86 bits per heavy atom. The fourth-order valence-electron chi connectivity index (χ4n) is 3.62. The van der Waals surface area contributed by atoms with E-state index in [2.05, 4.69) is 20.5 Å². The number of amides is 1. The van der Waals surface area contributed by atoms with E-state index in [1.54, 1.807) is 18.3 Å². The van der Waals surface area contributed by atoms with E-state index in [-0.39, 0.29) is 11.7 Å². The minimum absolute atomic E-state index is 0.0847. The van der Waals surface area contributed by atoms with Crippen LogP contribution in [0.1, 0.15) is 61.9 Å². The highest BCUT2D eigenvalue weighted by atomic mass is 19.1. The predicted octanol–water partition coefficient (Wildman–Crippen LogP) is 5.00. The van der Waals surface area contributed by atoms with Gasteiger partial charge in [-0.15, -0.1) is 0 Å². The molecule has 1 aliphatic carbocycles. The molecule has 4 rings (SSSR count). The number of aromatic nitrogens is 3. The first-order valence-corrected chi connectivity index (χ1v) is 10.4. The van der Waals surface area contributed by atoms with E-state index in [1.807, 2.05) is 13.0 Å². The molecule has 0 spiro atoms. The van der Waals surface area contributed by atoms with Crippen molar-refractivity contribution in [1.29, 1.82) is 0 Å². The normalized spacial score (nSPS) is 13.6. The average Bonchev–Trinajstić information content (AvgIpc) is 3.17. The quantitative estimate of drug-likeness (QED) is 0.638. The fraction of sp³-hybridized carbons (Fsp3) is 0.435. The summed E-state index contributed by atoms with van der Waals surface area (Å²) in [6, 6.07) is 8.04. The second-order valence-corrected chi connectivity index (χ2v) is 7.52. The number of carbonyl (C=O) groups is 1. The molecule has 6 heteroatoms. The lowest BCUT2D eigenvalue weighted by molar-refractivity contribution is -0.121. The summed E-state index contributed by atoms with van der Waals surface area (Å²) >= 11 is 0. The third-order valence-electron chi connectivity index (χ3n) is 5.21. The molecular weight excluding hydrogens is 367 g/mol. The van der Waals surface area contributed by atoms with Gasteiger partial charge in [-0.1, -0.05) is 50.7 Å². The molecular formula is C23H29FN4O. The van der Waals surface area contributed by atoms with Gasteiger partial charge in [-0.2, -0.15) is 5.10 Å². The van der Waals surface area contributed by atoms with Crippen molar-refractivity contribution in [2.75, 3.05) is 0 Å². The standard InChI is InChI=1S/C17H17FN4O.C6H12/c1-11-17-14(21-22-15(17)7-8-19-11)5-6-16(23)20-10-12-3-2-4-13(18)9-12;1-2-4-6-5-3-1/h2-4,7-9H,5-6,10H2,1H3,(H,20,23)(H,21,22);1-6H2. The van der Waals surface area contributed by atoms with Gasteiger partial charge >= 0.3 is 0 Å². The van der Waals surface area contributed by atoms with Crippen molar-refractivity contribution in [3.8, 4) is 0 Å². The molecule has 0 unspecified atom stereocenters. The van der Waals surface area contributed by atoms with Crippen molar-refractivity contribution in [2.45, 2.75) is 64.8 Å². The SMILES string of the molecule is C1CCCCC1.Cc1nccc2n[nH]c(CCC(=O)NCc3cccc(F)c3)c12. The lowest BCUT2D eigenvalue weighted by atomic mass is 10.0. The van der Waals surface area contributed by atoms with Gasteiger partial charge in [0, 0.05) is 35.9 Å². The van der Waals surface area contributed by atoms with Crippen LogP contribution in [0.2, 0.25) is 0 Å². The lowest BCUT2D eigenvalue weighted by Crippen LogP contribution is -2.23. The van der Waals surface area contributed by atoms with Gasteiger partial charge in [-0.05, 0) is 37.1 Å². The first-order valence-electron chi connectivity index (χ1n) is 10.4. The van der Waals surface area contributed by atoms with Gasteiger partial charge in [-0.25, -0.2) is 4.39 Å². The molecule has 1 aromatic carbocycles. The molecule has 1 fully saturated rings. The minimum atomic E-state index is -0.302. The maximum atomic E-state index is 13.1. The van der Waals surface area contributed by atoms with E-state index in [4.69, 9.17) is 0 Å². The molecule has 0 aliphatic heterocycles. The smallest absolute Gasteiger partial charge is 0.220 e. The number of carbonyl (C=O) groups excluding carboxylic acids is 1. The lowest BCUT2D eigenvalue weighted by Gasteiger charge is -2.05. The second-order valence-electron chi connectivity index (χ2n) is 7.52. The Labute approximate surface area is 171 Å². The number of rotatable bonds is 5. The highest BCUT2D eigenvalue weighted by Gasteiger charge is 2.10. The number of aryl methyl sites for hydroxylation is 2. The van der Waals surface area contributed by atoms with E-state index in [0.717, 1.165) is 27.9 Å². The van der Waals surface area contributed by atoms with Gasteiger partial charge in [-0.3, -0.25) is 14.9 Å². The molecule has 1 aliphatic rings. The Bertz CT molecular complexity index is 922. The summed E-state index contributed by atoms with van der Waals surface area (Å²) in [5.41, 5.74) is 3.40. The van der Waals surface area contributed by atoms with E-state index in [0.29, 0.717) is 19.4 Å². The summed E-state index contributed by atoms with van der Waals surface area (Å²) in [6.45, 7) is 2.24. The summed E-state index contributed by atoms with van der Waals surface area (Å²) in [4.78, 5) is 16.2. The zero-order chi connectivity index (χ0) is 20.5. The Hall–Kier alpha value is -2.76.